The van der Waals surface area contributed by atoms with Gasteiger partial charge in [-0.25, -0.2) is 4.39 Å². The van der Waals surface area contributed by atoms with E-state index in [1.54, 1.807) is 31.0 Å². The van der Waals surface area contributed by atoms with Crippen LogP contribution in [0.5, 0.6) is 5.75 Å². The van der Waals surface area contributed by atoms with E-state index in [-0.39, 0.29) is 17.1 Å². The highest BCUT2D eigenvalue weighted by molar-refractivity contribution is 9.10. The van der Waals surface area contributed by atoms with Crippen molar-refractivity contribution in [2.45, 2.75) is 23.6 Å². The molecule has 2 fully saturated rings. The van der Waals surface area contributed by atoms with Gasteiger partial charge in [-0.15, -0.1) is 11.8 Å². The van der Waals surface area contributed by atoms with Crippen LogP contribution in [0.2, 0.25) is 0 Å². The van der Waals surface area contributed by atoms with Gasteiger partial charge in [0.25, 0.3) is 0 Å². The van der Waals surface area contributed by atoms with Crippen molar-refractivity contribution in [3.05, 3.63) is 63.9 Å². The molecule has 0 radical (unpaired) electrons. The minimum absolute atomic E-state index is 0.00243. The molecule has 1 saturated carbocycles. The van der Waals surface area contributed by atoms with E-state index in [4.69, 9.17) is 4.74 Å². The van der Waals surface area contributed by atoms with E-state index in [0.717, 1.165) is 46.5 Å². The second-order valence-corrected chi connectivity index (χ2v) is 8.75. The van der Waals surface area contributed by atoms with Crippen LogP contribution in [0, 0.1) is 5.82 Å². The van der Waals surface area contributed by atoms with E-state index in [9.17, 15) is 9.18 Å². The number of nitrogens with zero attached hydrogens (tertiary/aromatic N) is 1. The van der Waals surface area contributed by atoms with Gasteiger partial charge in [-0.3, -0.25) is 4.79 Å². The Labute approximate surface area is 165 Å². The fraction of sp³-hybridized carbons (Fsp3) is 0.350. The van der Waals surface area contributed by atoms with Crippen LogP contribution in [0.3, 0.4) is 0 Å². The van der Waals surface area contributed by atoms with Crippen LogP contribution in [0.4, 0.5) is 4.39 Å². The van der Waals surface area contributed by atoms with Crippen LogP contribution < -0.4 is 4.74 Å². The van der Waals surface area contributed by atoms with Gasteiger partial charge in [0, 0.05) is 12.3 Å². The Morgan fingerprint density at radius 1 is 1.27 bits per heavy atom. The van der Waals surface area contributed by atoms with Crippen LogP contribution in [0.25, 0.3) is 0 Å². The van der Waals surface area contributed by atoms with Crippen molar-refractivity contribution in [1.29, 1.82) is 0 Å². The summed E-state index contributed by atoms with van der Waals surface area (Å²) in [5.74, 6) is 1.58. The summed E-state index contributed by atoms with van der Waals surface area (Å²) in [6.45, 7) is 0.737. The lowest BCUT2D eigenvalue weighted by atomic mass is 9.94. The summed E-state index contributed by atoms with van der Waals surface area (Å²) < 4.78 is 19.5. The van der Waals surface area contributed by atoms with Crippen molar-refractivity contribution in [3.63, 3.8) is 0 Å². The number of methoxy groups -OCH3 is 1. The van der Waals surface area contributed by atoms with Gasteiger partial charge < -0.3 is 9.64 Å². The minimum atomic E-state index is -0.472. The SMILES string of the molecule is COc1ccc(C2SCCN2C(=O)C2(c3ccc(F)cc3)CC2)cc1Br. The smallest absolute Gasteiger partial charge is 0.234 e. The van der Waals surface area contributed by atoms with Crippen LogP contribution in [0.1, 0.15) is 29.3 Å². The average Bonchev–Trinajstić information content (AvgIpc) is 3.31. The number of hydrogen-bond donors (Lipinski definition) is 0. The number of ether oxygens (including phenoxy) is 1. The van der Waals surface area contributed by atoms with Gasteiger partial charge in [-0.2, -0.15) is 0 Å². The molecule has 6 heteroatoms. The maximum Gasteiger partial charge on any atom is 0.234 e. The summed E-state index contributed by atoms with van der Waals surface area (Å²) in [5, 5.41) is 0.00243. The predicted octanol–water partition coefficient (Wildman–Crippen LogP) is 4.90. The molecule has 1 saturated heterocycles. The third-order valence-electron chi connectivity index (χ3n) is 5.17. The van der Waals surface area contributed by atoms with E-state index in [1.165, 1.54) is 12.1 Å². The normalized spacial score (nSPS) is 20.9. The lowest BCUT2D eigenvalue weighted by molar-refractivity contribution is -0.134. The molecule has 2 aromatic rings. The molecular weight excluding hydrogens is 417 g/mol. The largest absolute Gasteiger partial charge is 0.496 e. The number of carbonyl (C=O) groups is 1. The Morgan fingerprint density at radius 2 is 2.00 bits per heavy atom. The Balaban J connectivity index is 1.61. The molecule has 1 heterocycles. The standard InChI is InChI=1S/C20H19BrFNO2S/c1-25-17-7-2-13(12-16(17)21)18-23(10-11-26-18)19(24)20(8-9-20)14-3-5-15(22)6-4-14/h2-7,12,18H,8-11H2,1H3. The summed E-state index contributed by atoms with van der Waals surface area (Å²) in [6, 6.07) is 12.4. The second-order valence-electron chi connectivity index (χ2n) is 6.70. The summed E-state index contributed by atoms with van der Waals surface area (Å²) in [7, 11) is 1.64. The number of rotatable bonds is 4. The Kier molecular flexibility index (Phi) is 4.73. The van der Waals surface area contributed by atoms with E-state index in [2.05, 4.69) is 15.9 Å². The number of benzene rings is 2. The first-order chi connectivity index (χ1) is 12.5. The van der Waals surface area contributed by atoms with Crippen LogP contribution in [-0.4, -0.2) is 30.2 Å². The Hall–Kier alpha value is -1.53. The molecule has 1 aliphatic heterocycles. The summed E-state index contributed by atoms with van der Waals surface area (Å²) in [4.78, 5) is 15.4. The van der Waals surface area contributed by atoms with Gasteiger partial charge >= 0.3 is 0 Å². The maximum absolute atomic E-state index is 13.4. The number of hydrogen-bond acceptors (Lipinski definition) is 3. The highest BCUT2D eigenvalue weighted by atomic mass is 79.9. The van der Waals surface area contributed by atoms with E-state index < -0.39 is 5.41 Å². The van der Waals surface area contributed by atoms with Crippen LogP contribution in [-0.2, 0) is 10.2 Å². The van der Waals surface area contributed by atoms with E-state index in [1.807, 2.05) is 23.1 Å². The topological polar surface area (TPSA) is 29.5 Å². The maximum atomic E-state index is 13.4. The molecule has 0 aromatic heterocycles. The molecule has 26 heavy (non-hydrogen) atoms. The average molecular weight is 436 g/mol. The molecule has 4 rings (SSSR count). The zero-order chi connectivity index (χ0) is 18.3. The van der Waals surface area contributed by atoms with Gasteiger partial charge in [0.05, 0.1) is 17.0 Å². The lowest BCUT2D eigenvalue weighted by Gasteiger charge is -2.29. The number of halogens is 2. The van der Waals surface area contributed by atoms with E-state index >= 15 is 0 Å². The molecule has 0 spiro atoms. The second kappa shape index (κ2) is 6.89. The van der Waals surface area contributed by atoms with Crippen LogP contribution >= 0.6 is 27.7 Å². The minimum Gasteiger partial charge on any atom is -0.496 e. The fourth-order valence-electron chi connectivity index (χ4n) is 3.59. The zero-order valence-electron chi connectivity index (χ0n) is 14.4. The van der Waals surface area contributed by atoms with Gasteiger partial charge in [-0.1, -0.05) is 18.2 Å². The van der Waals surface area contributed by atoms with Gasteiger partial charge in [0.15, 0.2) is 0 Å². The predicted molar refractivity (Wildman–Crippen MR) is 105 cm³/mol. The number of carbonyl (C=O) groups excluding carboxylic acids is 1. The summed E-state index contributed by atoms with van der Waals surface area (Å²) in [5.41, 5.74) is 1.54. The highest BCUT2D eigenvalue weighted by Gasteiger charge is 2.54. The molecule has 1 aliphatic carbocycles. The molecule has 0 bridgehead atoms. The molecule has 136 valence electrons. The molecule has 1 amide bonds. The summed E-state index contributed by atoms with van der Waals surface area (Å²) >= 11 is 5.31. The molecule has 1 unspecified atom stereocenters. The van der Waals surface area contributed by atoms with Gasteiger partial charge in [-0.05, 0) is 64.2 Å². The quantitative estimate of drug-likeness (QED) is 0.683. The van der Waals surface area contributed by atoms with Crippen molar-refractivity contribution in [1.82, 2.24) is 4.90 Å². The van der Waals surface area contributed by atoms with Crippen molar-refractivity contribution < 1.29 is 13.9 Å². The third-order valence-corrected chi connectivity index (χ3v) is 7.05. The first-order valence-corrected chi connectivity index (χ1v) is 10.4. The highest BCUT2D eigenvalue weighted by Crippen LogP contribution is 2.52. The van der Waals surface area contributed by atoms with Crippen molar-refractivity contribution >= 4 is 33.6 Å². The fourth-order valence-corrected chi connectivity index (χ4v) is 5.39. The zero-order valence-corrected chi connectivity index (χ0v) is 16.8. The Bertz CT molecular complexity index is 838. The third kappa shape index (κ3) is 3.03. The van der Waals surface area contributed by atoms with Crippen molar-refractivity contribution in [2.24, 2.45) is 0 Å². The van der Waals surface area contributed by atoms with Crippen LogP contribution in [0.15, 0.2) is 46.9 Å². The molecule has 2 aliphatic rings. The van der Waals surface area contributed by atoms with Crippen molar-refractivity contribution in [2.75, 3.05) is 19.4 Å². The number of amides is 1. The molecule has 1 atom stereocenters. The first-order valence-electron chi connectivity index (χ1n) is 8.57. The molecule has 0 N–H and O–H groups in total. The molecule has 2 aromatic carbocycles. The number of thioether (sulfide) groups is 1. The first kappa shape index (κ1) is 17.9. The summed E-state index contributed by atoms with van der Waals surface area (Å²) in [6.07, 6.45) is 1.66. The molecular formula is C20H19BrFNO2S. The van der Waals surface area contributed by atoms with E-state index in [0.29, 0.717) is 0 Å². The van der Waals surface area contributed by atoms with Gasteiger partial charge in [0.1, 0.15) is 16.9 Å². The Morgan fingerprint density at radius 3 is 2.62 bits per heavy atom. The lowest BCUT2D eigenvalue weighted by Crippen LogP contribution is -2.38. The molecule has 3 nitrogen and oxygen atoms in total. The monoisotopic (exact) mass is 435 g/mol. The van der Waals surface area contributed by atoms with Crippen molar-refractivity contribution in [3.8, 4) is 5.75 Å². The van der Waals surface area contributed by atoms with Gasteiger partial charge in [0.2, 0.25) is 5.91 Å².